The summed E-state index contributed by atoms with van der Waals surface area (Å²) in [6.45, 7) is 20.6. The van der Waals surface area contributed by atoms with Crippen LogP contribution >= 0.6 is 0 Å². The van der Waals surface area contributed by atoms with Gasteiger partial charge in [0.15, 0.2) is 0 Å². The number of nitrogens with one attached hydrogen (secondary N) is 3. The first-order chi connectivity index (χ1) is 20.5. The summed E-state index contributed by atoms with van der Waals surface area (Å²) in [6.07, 6.45) is 3.22. The van der Waals surface area contributed by atoms with Crippen LogP contribution in [-0.2, 0) is 4.74 Å². The topological polar surface area (TPSA) is 109 Å². The molecule has 5 rings (SSSR count). The molecule has 3 aromatic heterocycles. The van der Waals surface area contributed by atoms with Crippen LogP contribution in [0.15, 0.2) is 65.3 Å². The zero-order valence-electron chi connectivity index (χ0n) is 27.5. The second-order valence-electron chi connectivity index (χ2n) is 14.8. The molecule has 0 aliphatic heterocycles. The first-order valence-corrected chi connectivity index (χ1v) is 15.2. The fourth-order valence-corrected chi connectivity index (χ4v) is 5.02. The molecule has 0 radical (unpaired) electrons. The average molecular weight is 596 g/mol. The molecule has 1 amide bonds. The zero-order chi connectivity index (χ0) is 32.0. The van der Waals surface area contributed by atoms with E-state index in [-0.39, 0.29) is 16.9 Å². The molecule has 0 bridgehead atoms. The summed E-state index contributed by atoms with van der Waals surface area (Å²) in [7, 11) is 0. The highest BCUT2D eigenvalue weighted by molar-refractivity contribution is 5.86. The van der Waals surface area contributed by atoms with Crippen molar-refractivity contribution in [1.82, 2.24) is 25.3 Å². The Hall–Kier alpha value is -4.33. The van der Waals surface area contributed by atoms with Gasteiger partial charge in [0.25, 0.3) is 0 Å². The summed E-state index contributed by atoms with van der Waals surface area (Å²) < 4.78 is 11.8. The molecule has 232 valence electrons. The Morgan fingerprint density at radius 2 is 1.34 bits per heavy atom. The van der Waals surface area contributed by atoms with Gasteiger partial charge >= 0.3 is 6.09 Å². The molecule has 0 saturated heterocycles. The van der Waals surface area contributed by atoms with Crippen molar-refractivity contribution in [2.45, 2.75) is 86.8 Å². The predicted octanol–water partition coefficient (Wildman–Crippen LogP) is 9.64. The van der Waals surface area contributed by atoms with Crippen LogP contribution in [0.1, 0.15) is 92.8 Å². The van der Waals surface area contributed by atoms with Gasteiger partial charge < -0.3 is 24.4 Å². The zero-order valence-corrected chi connectivity index (χ0v) is 27.5. The SMILES string of the molecule is C[C@H](c1ncc(-c2ccc(-c3cc4ccc(-c5cnc([C@@H](NC(=O)OC(C)(C)C)C(C)(C)C)[nH]5)cc4o3)cc2)[nH]1)C(C)(C)C. The third-order valence-electron chi connectivity index (χ3n) is 8.01. The summed E-state index contributed by atoms with van der Waals surface area (Å²) in [5.74, 6) is 2.78. The maximum absolute atomic E-state index is 12.6. The first kappa shape index (κ1) is 31.1. The van der Waals surface area contributed by atoms with Crippen LogP contribution in [0.25, 0.3) is 44.8 Å². The minimum atomic E-state index is -0.589. The molecule has 2 atom stereocenters. The molecule has 5 aromatic rings. The Bertz CT molecular complexity index is 1750. The molecule has 0 aliphatic rings. The number of carbonyl (C=O) groups excluding carboxylic acids is 1. The average Bonchev–Trinajstić information content (AvgIpc) is 3.68. The van der Waals surface area contributed by atoms with Crippen LogP contribution in [0.3, 0.4) is 0 Å². The van der Waals surface area contributed by atoms with E-state index in [1.54, 1.807) is 6.20 Å². The number of H-pyrrole nitrogens is 2. The van der Waals surface area contributed by atoms with E-state index in [1.165, 1.54) is 0 Å². The monoisotopic (exact) mass is 595 g/mol. The number of amides is 1. The molecule has 3 N–H and O–H groups in total. The molecular weight excluding hydrogens is 550 g/mol. The van der Waals surface area contributed by atoms with Gasteiger partial charge in [-0.1, -0.05) is 84.9 Å². The minimum Gasteiger partial charge on any atom is -0.456 e. The van der Waals surface area contributed by atoms with E-state index in [2.05, 4.69) is 110 Å². The second-order valence-corrected chi connectivity index (χ2v) is 14.8. The number of aromatic nitrogens is 4. The highest BCUT2D eigenvalue weighted by atomic mass is 16.6. The molecule has 0 spiro atoms. The van der Waals surface area contributed by atoms with Gasteiger partial charge in [-0.15, -0.1) is 0 Å². The second kappa shape index (κ2) is 11.3. The Kier molecular flexibility index (Phi) is 7.99. The van der Waals surface area contributed by atoms with E-state index in [0.29, 0.717) is 11.7 Å². The molecule has 8 nitrogen and oxygen atoms in total. The van der Waals surface area contributed by atoms with Crippen LogP contribution in [0.5, 0.6) is 0 Å². The Morgan fingerprint density at radius 3 is 1.95 bits per heavy atom. The lowest BCUT2D eigenvalue weighted by atomic mass is 9.82. The van der Waals surface area contributed by atoms with E-state index in [0.717, 1.165) is 50.6 Å². The lowest BCUT2D eigenvalue weighted by Crippen LogP contribution is -2.40. The fraction of sp³-hybridized carbons (Fsp3) is 0.417. The largest absolute Gasteiger partial charge is 0.456 e. The summed E-state index contributed by atoms with van der Waals surface area (Å²) in [5.41, 5.74) is 4.89. The van der Waals surface area contributed by atoms with E-state index < -0.39 is 11.7 Å². The van der Waals surface area contributed by atoms with Crippen molar-refractivity contribution >= 4 is 17.1 Å². The quantitative estimate of drug-likeness (QED) is 0.181. The lowest BCUT2D eigenvalue weighted by molar-refractivity contribution is 0.0458. The summed E-state index contributed by atoms with van der Waals surface area (Å²) in [6, 6.07) is 16.1. The summed E-state index contributed by atoms with van der Waals surface area (Å²) in [4.78, 5) is 28.8. The molecular formula is C36H45N5O3. The van der Waals surface area contributed by atoms with Gasteiger partial charge in [0.1, 0.15) is 28.6 Å². The normalized spacial score (nSPS) is 14.0. The molecule has 2 aromatic carbocycles. The summed E-state index contributed by atoms with van der Waals surface area (Å²) >= 11 is 0. The molecule has 3 heterocycles. The number of hydrogen-bond acceptors (Lipinski definition) is 5. The molecule has 0 unspecified atom stereocenters. The van der Waals surface area contributed by atoms with Gasteiger partial charge in [-0.3, -0.25) is 0 Å². The number of ether oxygens (including phenoxy) is 1. The number of hydrogen-bond donors (Lipinski definition) is 3. The minimum absolute atomic E-state index is 0.133. The maximum atomic E-state index is 12.6. The highest BCUT2D eigenvalue weighted by Gasteiger charge is 2.32. The predicted molar refractivity (Wildman–Crippen MR) is 176 cm³/mol. The smallest absolute Gasteiger partial charge is 0.408 e. The Morgan fingerprint density at radius 1 is 0.773 bits per heavy atom. The van der Waals surface area contributed by atoms with Gasteiger partial charge in [-0.05, 0) is 49.3 Å². The van der Waals surface area contributed by atoms with Crippen LogP contribution in [0.4, 0.5) is 4.79 Å². The van der Waals surface area contributed by atoms with Crippen molar-refractivity contribution in [3.8, 4) is 33.8 Å². The molecule has 0 fully saturated rings. The number of fused-ring (bicyclic) bond motifs is 1. The maximum Gasteiger partial charge on any atom is 0.408 e. The third-order valence-corrected chi connectivity index (χ3v) is 8.01. The number of furan rings is 1. The van der Waals surface area contributed by atoms with Crippen LogP contribution in [-0.4, -0.2) is 31.6 Å². The number of alkyl carbamates (subject to hydrolysis) is 1. The lowest BCUT2D eigenvalue weighted by Gasteiger charge is -2.31. The molecule has 44 heavy (non-hydrogen) atoms. The van der Waals surface area contributed by atoms with E-state index >= 15 is 0 Å². The van der Waals surface area contributed by atoms with Crippen molar-refractivity contribution in [1.29, 1.82) is 0 Å². The van der Waals surface area contributed by atoms with E-state index in [4.69, 9.17) is 9.15 Å². The van der Waals surface area contributed by atoms with E-state index in [9.17, 15) is 4.79 Å². The first-order valence-electron chi connectivity index (χ1n) is 15.2. The van der Waals surface area contributed by atoms with Crippen molar-refractivity contribution in [2.24, 2.45) is 10.8 Å². The van der Waals surface area contributed by atoms with Gasteiger partial charge in [0, 0.05) is 22.4 Å². The van der Waals surface area contributed by atoms with Gasteiger partial charge in [-0.25, -0.2) is 14.8 Å². The number of imidazole rings is 2. The van der Waals surface area contributed by atoms with E-state index in [1.807, 2.05) is 39.1 Å². The van der Waals surface area contributed by atoms with Gasteiger partial charge in [0.2, 0.25) is 0 Å². The van der Waals surface area contributed by atoms with Crippen molar-refractivity contribution in [3.05, 3.63) is 72.6 Å². The summed E-state index contributed by atoms with van der Waals surface area (Å²) in [5, 5.41) is 4.01. The highest BCUT2D eigenvalue weighted by Crippen LogP contribution is 2.36. The molecule has 8 heteroatoms. The molecule has 0 saturated carbocycles. The van der Waals surface area contributed by atoms with Gasteiger partial charge in [-0.2, -0.15) is 0 Å². The van der Waals surface area contributed by atoms with Crippen molar-refractivity contribution < 1.29 is 13.9 Å². The number of nitrogens with zero attached hydrogens (tertiary/aromatic N) is 2. The number of rotatable bonds is 6. The van der Waals surface area contributed by atoms with Crippen molar-refractivity contribution in [3.63, 3.8) is 0 Å². The Labute approximate surface area is 260 Å². The number of aromatic amines is 2. The van der Waals surface area contributed by atoms with Gasteiger partial charge in [0.05, 0.1) is 29.8 Å². The third kappa shape index (κ3) is 6.90. The van der Waals surface area contributed by atoms with Crippen LogP contribution in [0, 0.1) is 10.8 Å². The number of carbonyl (C=O) groups is 1. The fourth-order valence-electron chi connectivity index (χ4n) is 5.02. The van der Waals surface area contributed by atoms with Crippen LogP contribution < -0.4 is 5.32 Å². The van der Waals surface area contributed by atoms with Crippen LogP contribution in [0.2, 0.25) is 0 Å². The van der Waals surface area contributed by atoms with Crippen molar-refractivity contribution in [2.75, 3.05) is 0 Å². The Balaban J connectivity index is 1.35. The number of benzene rings is 2. The molecule has 0 aliphatic carbocycles. The standard InChI is InChI=1S/C36H45N5O3/c1-21(34(2,3)4)31-37-19-26(39-31)22-11-13-23(14-12-22)28-18-25-16-15-24(17-29(25)43-28)27-20-38-32(40-27)30(35(5,6)7)41-33(42)44-36(8,9)10/h11-21,30H,1-10H3,(H,37,39)(H,38,40)(H,41,42)/t21-,30-/m1/s1.